The highest BCUT2D eigenvalue weighted by Crippen LogP contribution is 2.31. The average molecular weight is 489 g/mol. The molecule has 4 rings (SSSR count). The molecule has 1 aliphatic rings. The van der Waals surface area contributed by atoms with Crippen LogP contribution in [0, 0.1) is 11.6 Å². The molecule has 0 bridgehead atoms. The van der Waals surface area contributed by atoms with Gasteiger partial charge in [0.25, 0.3) is 0 Å². The third kappa shape index (κ3) is 4.79. The monoisotopic (exact) mass is 488 g/mol. The Labute approximate surface area is 195 Å². The van der Waals surface area contributed by atoms with Gasteiger partial charge in [0.05, 0.1) is 10.9 Å². The number of aromatic carboxylic acids is 1. The van der Waals surface area contributed by atoms with Crippen molar-refractivity contribution in [3.05, 3.63) is 95.1 Å². The van der Waals surface area contributed by atoms with Gasteiger partial charge in [0.1, 0.15) is 22.9 Å². The molecule has 1 aliphatic heterocycles. The van der Waals surface area contributed by atoms with Crippen LogP contribution in [0.3, 0.4) is 0 Å². The van der Waals surface area contributed by atoms with Crippen molar-refractivity contribution < 1.29 is 32.2 Å². The maximum atomic E-state index is 13.5. The maximum absolute atomic E-state index is 13.5. The van der Waals surface area contributed by atoms with Gasteiger partial charge in [-0.1, -0.05) is 24.3 Å². The summed E-state index contributed by atoms with van der Waals surface area (Å²) >= 11 is 0. The van der Waals surface area contributed by atoms with Gasteiger partial charge in [0, 0.05) is 26.2 Å². The van der Waals surface area contributed by atoms with E-state index in [4.69, 9.17) is 0 Å². The fraction of sp³-hybridized carbons (Fsp3) is 0.208. The van der Waals surface area contributed by atoms with Crippen LogP contribution in [-0.4, -0.2) is 60.0 Å². The molecule has 0 amide bonds. The predicted octanol–water partition coefficient (Wildman–Crippen LogP) is 3.46. The Morgan fingerprint density at radius 3 is 1.79 bits per heavy atom. The minimum atomic E-state index is -3.99. The Kier molecular flexibility index (Phi) is 6.65. The number of sulfonamides is 1. The van der Waals surface area contributed by atoms with Crippen molar-refractivity contribution in [1.29, 1.82) is 0 Å². The minimum absolute atomic E-state index is 0.129. The Morgan fingerprint density at radius 2 is 1.32 bits per heavy atom. The van der Waals surface area contributed by atoms with Crippen LogP contribution in [-0.2, 0) is 10.0 Å². The van der Waals surface area contributed by atoms with Crippen molar-refractivity contribution in [1.82, 2.24) is 9.21 Å². The number of rotatable bonds is 6. The largest absolute Gasteiger partial charge is 0.507 e. The fourth-order valence-corrected chi connectivity index (χ4v) is 5.55. The number of piperazine rings is 1. The zero-order valence-corrected chi connectivity index (χ0v) is 18.8. The molecule has 3 aromatic rings. The fourth-order valence-electron chi connectivity index (χ4n) is 4.10. The van der Waals surface area contributed by atoms with Crippen LogP contribution in [0.5, 0.6) is 5.75 Å². The molecule has 0 saturated carbocycles. The summed E-state index contributed by atoms with van der Waals surface area (Å²) in [6.45, 7) is 0.931. The third-order valence-corrected chi connectivity index (χ3v) is 7.74. The van der Waals surface area contributed by atoms with Gasteiger partial charge in [-0.15, -0.1) is 0 Å². The number of halogens is 2. The number of benzene rings is 3. The molecule has 34 heavy (non-hydrogen) atoms. The summed E-state index contributed by atoms with van der Waals surface area (Å²) in [5.74, 6) is -2.71. The number of carboxylic acids is 1. The molecule has 0 radical (unpaired) electrons. The highest BCUT2D eigenvalue weighted by Gasteiger charge is 2.33. The van der Waals surface area contributed by atoms with Gasteiger partial charge in [-0.25, -0.2) is 22.0 Å². The lowest BCUT2D eigenvalue weighted by Gasteiger charge is -2.39. The first-order chi connectivity index (χ1) is 16.2. The summed E-state index contributed by atoms with van der Waals surface area (Å²) in [5.41, 5.74) is 1.08. The lowest BCUT2D eigenvalue weighted by Crippen LogP contribution is -2.49. The zero-order valence-electron chi connectivity index (χ0n) is 17.9. The smallest absolute Gasteiger partial charge is 0.339 e. The van der Waals surface area contributed by atoms with E-state index in [0.717, 1.165) is 23.3 Å². The van der Waals surface area contributed by atoms with Gasteiger partial charge in [-0.05, 0) is 53.6 Å². The van der Waals surface area contributed by atoms with Crippen LogP contribution in [0.15, 0.2) is 71.6 Å². The molecule has 0 aliphatic carbocycles. The topological polar surface area (TPSA) is 98.1 Å². The van der Waals surface area contributed by atoms with Crippen molar-refractivity contribution in [2.24, 2.45) is 0 Å². The Hall–Kier alpha value is -3.34. The summed E-state index contributed by atoms with van der Waals surface area (Å²) in [5, 5.41) is 18.9. The molecule has 1 heterocycles. The second kappa shape index (κ2) is 9.49. The lowest BCUT2D eigenvalue weighted by atomic mass is 9.96. The van der Waals surface area contributed by atoms with Gasteiger partial charge in [0.15, 0.2) is 0 Å². The van der Waals surface area contributed by atoms with Crippen LogP contribution in [0.4, 0.5) is 8.78 Å². The summed E-state index contributed by atoms with van der Waals surface area (Å²) in [7, 11) is -3.99. The van der Waals surface area contributed by atoms with Crippen LogP contribution < -0.4 is 0 Å². The van der Waals surface area contributed by atoms with E-state index >= 15 is 0 Å². The van der Waals surface area contributed by atoms with Crippen molar-refractivity contribution in [3.63, 3.8) is 0 Å². The first kappa shape index (κ1) is 23.8. The quantitative estimate of drug-likeness (QED) is 0.552. The third-order valence-electron chi connectivity index (χ3n) is 5.85. The molecule has 1 saturated heterocycles. The van der Waals surface area contributed by atoms with E-state index < -0.39 is 27.3 Å². The molecular formula is C24H22F2N2O5S. The molecule has 0 aromatic heterocycles. The molecule has 178 valence electrons. The van der Waals surface area contributed by atoms with E-state index in [2.05, 4.69) is 0 Å². The first-order valence-corrected chi connectivity index (χ1v) is 11.9. The highest BCUT2D eigenvalue weighted by molar-refractivity contribution is 7.89. The second-order valence-electron chi connectivity index (χ2n) is 7.93. The van der Waals surface area contributed by atoms with Crippen molar-refractivity contribution in [2.75, 3.05) is 26.2 Å². The first-order valence-electron chi connectivity index (χ1n) is 10.5. The van der Waals surface area contributed by atoms with E-state index in [1.165, 1.54) is 34.6 Å². The van der Waals surface area contributed by atoms with Gasteiger partial charge in [0.2, 0.25) is 10.0 Å². The standard InChI is InChI=1S/C24H22F2N2O5S/c25-18-5-1-16(2-6-18)23(17-3-7-19(26)8-4-17)27-11-13-28(14-12-27)34(32,33)20-9-10-22(29)21(15-20)24(30)31/h1-10,15,23,29H,11-14H2,(H,30,31). The molecule has 0 spiro atoms. The molecule has 3 aromatic carbocycles. The summed E-state index contributed by atoms with van der Waals surface area (Å²) in [6.07, 6.45) is 0. The second-order valence-corrected chi connectivity index (χ2v) is 9.87. The van der Waals surface area contributed by atoms with Crippen LogP contribution in [0.25, 0.3) is 0 Å². The molecular weight excluding hydrogens is 466 g/mol. The molecule has 10 heteroatoms. The van der Waals surface area contributed by atoms with Crippen molar-refractivity contribution in [2.45, 2.75) is 10.9 Å². The van der Waals surface area contributed by atoms with Gasteiger partial charge < -0.3 is 10.2 Å². The summed E-state index contributed by atoms with van der Waals surface area (Å²) in [6, 6.07) is 14.8. The molecule has 7 nitrogen and oxygen atoms in total. The van der Waals surface area contributed by atoms with Gasteiger partial charge in [-0.3, -0.25) is 4.90 Å². The average Bonchev–Trinajstić information content (AvgIpc) is 2.82. The lowest BCUT2D eigenvalue weighted by molar-refractivity contribution is 0.0693. The van der Waals surface area contributed by atoms with Gasteiger partial charge >= 0.3 is 5.97 Å². The Morgan fingerprint density at radius 1 is 0.824 bits per heavy atom. The zero-order chi connectivity index (χ0) is 24.5. The maximum Gasteiger partial charge on any atom is 0.339 e. The number of hydrogen-bond acceptors (Lipinski definition) is 5. The SMILES string of the molecule is O=C(O)c1cc(S(=O)(=O)N2CCN(C(c3ccc(F)cc3)c3ccc(F)cc3)CC2)ccc1O. The summed E-state index contributed by atoms with van der Waals surface area (Å²) in [4.78, 5) is 13.1. The van der Waals surface area contributed by atoms with E-state index in [9.17, 15) is 32.2 Å². The highest BCUT2D eigenvalue weighted by atomic mass is 32.2. The van der Waals surface area contributed by atoms with Crippen LogP contribution >= 0.6 is 0 Å². The summed E-state index contributed by atoms with van der Waals surface area (Å²) < 4.78 is 54.5. The Bertz CT molecular complexity index is 1240. The Balaban J connectivity index is 1.58. The molecule has 1 fully saturated rings. The van der Waals surface area contributed by atoms with Gasteiger partial charge in [-0.2, -0.15) is 4.31 Å². The number of carboxylic acid groups (broad SMARTS) is 1. The van der Waals surface area contributed by atoms with Crippen molar-refractivity contribution in [3.8, 4) is 5.75 Å². The van der Waals surface area contributed by atoms with Crippen LogP contribution in [0.1, 0.15) is 27.5 Å². The number of phenols is 1. The molecule has 0 atom stereocenters. The number of aromatic hydroxyl groups is 1. The van der Waals surface area contributed by atoms with E-state index in [0.29, 0.717) is 13.1 Å². The van der Waals surface area contributed by atoms with Crippen molar-refractivity contribution >= 4 is 16.0 Å². The van der Waals surface area contributed by atoms with E-state index in [-0.39, 0.29) is 35.7 Å². The number of hydrogen-bond donors (Lipinski definition) is 2. The van der Waals surface area contributed by atoms with E-state index in [1.54, 1.807) is 24.3 Å². The molecule has 0 unspecified atom stereocenters. The number of nitrogens with zero attached hydrogens (tertiary/aromatic N) is 2. The minimum Gasteiger partial charge on any atom is -0.507 e. The normalized spacial score (nSPS) is 15.5. The predicted molar refractivity (Wildman–Crippen MR) is 120 cm³/mol. The van der Waals surface area contributed by atoms with E-state index in [1.807, 2.05) is 4.90 Å². The molecule has 2 N–H and O–H groups in total. The number of carbonyl (C=O) groups is 1. The van der Waals surface area contributed by atoms with Crippen LogP contribution in [0.2, 0.25) is 0 Å².